The minimum absolute atomic E-state index is 0.0813. The zero-order valence-electron chi connectivity index (χ0n) is 34.3. The molecule has 0 spiro atoms. The predicted octanol–water partition coefficient (Wildman–Crippen LogP) is 14.2. The highest BCUT2D eigenvalue weighted by molar-refractivity contribution is 5.67. The molecule has 0 N–H and O–H groups in total. The summed E-state index contributed by atoms with van der Waals surface area (Å²) >= 11 is 0. The van der Waals surface area contributed by atoms with E-state index in [0.29, 0.717) is 12.6 Å². The van der Waals surface area contributed by atoms with Gasteiger partial charge in [0.2, 0.25) is 0 Å². The van der Waals surface area contributed by atoms with E-state index in [0.717, 1.165) is 51.6 Å². The van der Waals surface area contributed by atoms with E-state index in [1.165, 1.54) is 161 Å². The first kappa shape index (κ1) is 47.0. The van der Waals surface area contributed by atoms with Crippen molar-refractivity contribution < 1.29 is 9.53 Å². The van der Waals surface area contributed by atoms with E-state index in [2.05, 4.69) is 74.1 Å². The van der Waals surface area contributed by atoms with Crippen LogP contribution in [0.2, 0.25) is 0 Å². The monoisotopic (exact) mass is 709 g/mol. The number of ether oxygens (including phenoxy) is 1. The molecule has 1 aliphatic heterocycles. The fourth-order valence-corrected chi connectivity index (χ4v) is 6.98. The van der Waals surface area contributed by atoms with Gasteiger partial charge in [-0.05, 0) is 97.1 Å². The minimum atomic E-state index is -0.0813. The van der Waals surface area contributed by atoms with Crippen molar-refractivity contribution in [3.05, 3.63) is 36.5 Å². The van der Waals surface area contributed by atoms with Gasteiger partial charge in [-0.3, -0.25) is 0 Å². The SMILES string of the molecule is CCCCC/C=C\CC#CCCCCCCCCCCN(CCCCCCCC/C=C\C/C=C\CCCCC)C(=O)OCCC1CCCCN1C. The highest BCUT2D eigenvalue weighted by Crippen LogP contribution is 2.18. The van der Waals surface area contributed by atoms with Crippen LogP contribution in [-0.4, -0.2) is 55.2 Å². The lowest BCUT2D eigenvalue weighted by molar-refractivity contribution is 0.0839. The summed E-state index contributed by atoms with van der Waals surface area (Å²) in [5.41, 5.74) is 0. The Morgan fingerprint density at radius 3 is 1.76 bits per heavy atom. The molecular weight excluding hydrogens is 625 g/mol. The highest BCUT2D eigenvalue weighted by atomic mass is 16.6. The molecule has 1 unspecified atom stereocenters. The molecule has 0 aliphatic carbocycles. The summed E-state index contributed by atoms with van der Waals surface area (Å²) in [5.74, 6) is 6.66. The van der Waals surface area contributed by atoms with Gasteiger partial charge in [0.15, 0.2) is 0 Å². The lowest BCUT2D eigenvalue weighted by Crippen LogP contribution is -2.38. The zero-order chi connectivity index (χ0) is 36.7. The Bertz CT molecular complexity index is 913. The van der Waals surface area contributed by atoms with E-state index >= 15 is 0 Å². The van der Waals surface area contributed by atoms with Gasteiger partial charge in [0.25, 0.3) is 0 Å². The molecule has 4 heteroatoms. The quantitative estimate of drug-likeness (QED) is 0.0386. The number of rotatable bonds is 33. The zero-order valence-corrected chi connectivity index (χ0v) is 34.3. The number of allylic oxidation sites excluding steroid dienone is 6. The molecule has 1 heterocycles. The number of piperidine rings is 1. The Labute approximate surface area is 318 Å². The van der Waals surface area contributed by atoms with Crippen LogP contribution in [0.5, 0.6) is 0 Å². The summed E-state index contributed by atoms with van der Waals surface area (Å²) in [6, 6.07) is 0.563. The summed E-state index contributed by atoms with van der Waals surface area (Å²) in [6.45, 7) is 7.92. The number of amides is 1. The van der Waals surface area contributed by atoms with Crippen molar-refractivity contribution in [3.63, 3.8) is 0 Å². The first-order valence-electron chi connectivity index (χ1n) is 22.2. The van der Waals surface area contributed by atoms with Crippen LogP contribution < -0.4 is 0 Å². The van der Waals surface area contributed by atoms with Gasteiger partial charge >= 0.3 is 6.09 Å². The molecule has 1 rings (SSSR count). The van der Waals surface area contributed by atoms with Crippen molar-refractivity contribution in [2.75, 3.05) is 33.3 Å². The van der Waals surface area contributed by atoms with Crippen LogP contribution in [0.15, 0.2) is 36.5 Å². The summed E-state index contributed by atoms with van der Waals surface area (Å²) in [7, 11) is 2.22. The van der Waals surface area contributed by atoms with Crippen LogP contribution in [0.4, 0.5) is 4.79 Å². The molecule has 1 amide bonds. The van der Waals surface area contributed by atoms with Crippen molar-refractivity contribution in [3.8, 4) is 11.8 Å². The molecule has 1 aliphatic rings. The molecular formula is C47H84N2O2. The number of carbonyl (C=O) groups is 1. The van der Waals surface area contributed by atoms with Crippen LogP contribution in [0.3, 0.4) is 0 Å². The van der Waals surface area contributed by atoms with Crippen LogP contribution in [0, 0.1) is 11.8 Å². The molecule has 4 nitrogen and oxygen atoms in total. The minimum Gasteiger partial charge on any atom is -0.449 e. The van der Waals surface area contributed by atoms with E-state index in [-0.39, 0.29) is 6.09 Å². The molecule has 1 atom stereocenters. The van der Waals surface area contributed by atoms with E-state index in [4.69, 9.17) is 4.74 Å². The first-order chi connectivity index (χ1) is 25.2. The molecule has 0 aromatic heterocycles. The third-order valence-corrected chi connectivity index (χ3v) is 10.5. The van der Waals surface area contributed by atoms with Gasteiger partial charge in [0.1, 0.15) is 0 Å². The second-order valence-electron chi connectivity index (χ2n) is 15.2. The average molecular weight is 709 g/mol. The van der Waals surface area contributed by atoms with Crippen molar-refractivity contribution in [2.45, 2.75) is 213 Å². The van der Waals surface area contributed by atoms with E-state index in [1.807, 2.05) is 4.90 Å². The van der Waals surface area contributed by atoms with Gasteiger partial charge in [-0.2, -0.15) is 0 Å². The fraction of sp³-hybridized carbons (Fsp3) is 0.809. The van der Waals surface area contributed by atoms with Crippen molar-refractivity contribution in [1.82, 2.24) is 9.80 Å². The maximum atomic E-state index is 13.1. The number of hydrogen-bond acceptors (Lipinski definition) is 3. The van der Waals surface area contributed by atoms with Crippen LogP contribution in [0.1, 0.15) is 206 Å². The third-order valence-electron chi connectivity index (χ3n) is 10.5. The van der Waals surface area contributed by atoms with Crippen LogP contribution >= 0.6 is 0 Å². The van der Waals surface area contributed by atoms with Crippen molar-refractivity contribution in [2.24, 2.45) is 0 Å². The van der Waals surface area contributed by atoms with Gasteiger partial charge in [-0.1, -0.05) is 153 Å². The van der Waals surface area contributed by atoms with Gasteiger partial charge in [0, 0.05) is 32.0 Å². The van der Waals surface area contributed by atoms with Gasteiger partial charge in [0.05, 0.1) is 6.61 Å². The number of hydrogen-bond donors (Lipinski definition) is 0. The molecule has 294 valence electrons. The standard InChI is InChI=1S/C47H84N2O2/c1-4-6-8-10-12-14-16-18-20-22-23-25-27-29-31-33-35-38-44-49(47(50)51-45-41-46-40-36-39-42-48(46)3)43-37-34-32-30-28-26-24-21-19-17-15-13-11-9-7-5-2/h12-15,19,21,46H,4-11,16-17,22-45H2,1-3H3/b14-12-,15-13-,21-19-. The molecule has 0 saturated carbocycles. The fourth-order valence-electron chi connectivity index (χ4n) is 6.98. The maximum Gasteiger partial charge on any atom is 0.409 e. The molecule has 1 fully saturated rings. The average Bonchev–Trinajstić information content (AvgIpc) is 3.14. The first-order valence-corrected chi connectivity index (χ1v) is 22.2. The molecule has 0 bridgehead atoms. The van der Waals surface area contributed by atoms with Crippen molar-refractivity contribution >= 4 is 6.09 Å². The second kappa shape index (κ2) is 37.8. The van der Waals surface area contributed by atoms with Crippen LogP contribution in [-0.2, 0) is 4.74 Å². The number of carbonyl (C=O) groups excluding carboxylic acids is 1. The number of nitrogens with zero attached hydrogens (tertiary/aromatic N) is 2. The molecule has 0 aromatic carbocycles. The maximum absolute atomic E-state index is 13.1. The van der Waals surface area contributed by atoms with Crippen LogP contribution in [0.25, 0.3) is 0 Å². The molecule has 51 heavy (non-hydrogen) atoms. The van der Waals surface area contributed by atoms with Gasteiger partial charge < -0.3 is 14.5 Å². The highest BCUT2D eigenvalue weighted by Gasteiger charge is 2.20. The van der Waals surface area contributed by atoms with Crippen molar-refractivity contribution in [1.29, 1.82) is 0 Å². The van der Waals surface area contributed by atoms with E-state index in [1.54, 1.807) is 0 Å². The lowest BCUT2D eigenvalue weighted by atomic mass is 10.0. The third kappa shape index (κ3) is 31.3. The lowest BCUT2D eigenvalue weighted by Gasteiger charge is -2.32. The normalized spacial score (nSPS) is 15.2. The largest absolute Gasteiger partial charge is 0.449 e. The Morgan fingerprint density at radius 1 is 0.647 bits per heavy atom. The van der Waals surface area contributed by atoms with Gasteiger partial charge in [-0.25, -0.2) is 4.79 Å². The van der Waals surface area contributed by atoms with E-state index < -0.39 is 0 Å². The smallest absolute Gasteiger partial charge is 0.409 e. The molecule has 1 saturated heterocycles. The van der Waals surface area contributed by atoms with Gasteiger partial charge in [-0.15, -0.1) is 5.92 Å². The van der Waals surface area contributed by atoms with E-state index in [9.17, 15) is 4.79 Å². The molecule has 0 radical (unpaired) electrons. The summed E-state index contributed by atoms with van der Waals surface area (Å²) in [6.07, 6.45) is 50.7. The number of unbranched alkanes of at least 4 members (excludes halogenated alkanes) is 20. The Kier molecular flexibility index (Phi) is 34.8. The second-order valence-corrected chi connectivity index (χ2v) is 15.2. The number of likely N-dealkylation sites (tertiary alicyclic amines) is 1. The summed E-state index contributed by atoms with van der Waals surface area (Å²) in [5, 5.41) is 0. The Hall–Kier alpha value is -1.99. The Balaban J connectivity index is 2.19. The summed E-state index contributed by atoms with van der Waals surface area (Å²) < 4.78 is 5.86. The predicted molar refractivity (Wildman–Crippen MR) is 224 cm³/mol. The topological polar surface area (TPSA) is 32.8 Å². The Morgan fingerprint density at radius 2 is 1.18 bits per heavy atom. The summed E-state index contributed by atoms with van der Waals surface area (Å²) in [4.78, 5) is 17.6. The molecule has 0 aromatic rings.